The Morgan fingerprint density at radius 1 is 1.28 bits per heavy atom. The lowest BCUT2D eigenvalue weighted by Crippen LogP contribution is -2.37. The highest BCUT2D eigenvalue weighted by molar-refractivity contribution is 6.31. The van der Waals surface area contributed by atoms with Crippen LogP contribution in [-0.2, 0) is 4.74 Å². The summed E-state index contributed by atoms with van der Waals surface area (Å²) in [5.41, 5.74) is 3.81. The third-order valence-electron chi connectivity index (χ3n) is 4.81. The molecule has 1 amide bonds. The normalized spacial score (nSPS) is 16.8. The Hall–Kier alpha value is -1.84. The van der Waals surface area contributed by atoms with Crippen LogP contribution >= 0.6 is 11.6 Å². The number of carbonyl (C=O) groups excluding carboxylic acids is 1. The van der Waals surface area contributed by atoms with E-state index in [4.69, 9.17) is 16.3 Å². The summed E-state index contributed by atoms with van der Waals surface area (Å²) in [4.78, 5) is 14.8. The van der Waals surface area contributed by atoms with Gasteiger partial charge in [-0.05, 0) is 61.6 Å². The van der Waals surface area contributed by atoms with Gasteiger partial charge < -0.3 is 9.64 Å². The van der Waals surface area contributed by atoms with Crippen molar-refractivity contribution in [2.45, 2.75) is 32.8 Å². The standard InChI is InChI=1S/C21H24ClNO2/c1-3-23(14-18-9-6-12-25-18)21(24)17-8-4-7-16(13-17)19-10-5-11-20(22)15(19)2/h4-5,7-8,10-11,13,18H,3,6,9,12,14H2,1-2H3. The van der Waals surface area contributed by atoms with Crippen molar-refractivity contribution in [3.05, 3.63) is 58.6 Å². The van der Waals surface area contributed by atoms with Gasteiger partial charge in [-0.15, -0.1) is 0 Å². The topological polar surface area (TPSA) is 29.5 Å². The molecule has 0 N–H and O–H groups in total. The number of carbonyl (C=O) groups is 1. The van der Waals surface area contributed by atoms with Gasteiger partial charge in [-0.3, -0.25) is 4.79 Å². The number of nitrogens with zero attached hydrogens (tertiary/aromatic N) is 1. The molecule has 1 atom stereocenters. The van der Waals surface area contributed by atoms with Crippen molar-refractivity contribution in [2.24, 2.45) is 0 Å². The molecule has 0 bridgehead atoms. The molecule has 0 spiro atoms. The van der Waals surface area contributed by atoms with Crippen LogP contribution in [0, 0.1) is 6.92 Å². The predicted octanol–water partition coefficient (Wildman–Crippen LogP) is 4.96. The van der Waals surface area contributed by atoms with Gasteiger partial charge in [0.2, 0.25) is 0 Å². The molecule has 1 unspecified atom stereocenters. The number of benzene rings is 2. The maximum Gasteiger partial charge on any atom is 0.253 e. The molecule has 132 valence electrons. The minimum Gasteiger partial charge on any atom is -0.376 e. The number of ether oxygens (including phenoxy) is 1. The molecule has 2 aromatic carbocycles. The molecule has 25 heavy (non-hydrogen) atoms. The Kier molecular flexibility index (Phi) is 5.77. The van der Waals surface area contributed by atoms with Gasteiger partial charge in [-0.25, -0.2) is 0 Å². The SMILES string of the molecule is CCN(CC1CCCO1)C(=O)c1cccc(-c2cccc(Cl)c2C)c1. The van der Waals surface area contributed by atoms with E-state index in [-0.39, 0.29) is 12.0 Å². The first-order valence-electron chi connectivity index (χ1n) is 8.86. The van der Waals surface area contributed by atoms with E-state index >= 15 is 0 Å². The fourth-order valence-electron chi connectivity index (χ4n) is 3.31. The lowest BCUT2D eigenvalue weighted by molar-refractivity contribution is 0.0539. The zero-order valence-corrected chi connectivity index (χ0v) is 15.6. The lowest BCUT2D eigenvalue weighted by atomic mass is 9.98. The quantitative estimate of drug-likeness (QED) is 0.757. The van der Waals surface area contributed by atoms with Gasteiger partial charge in [0.15, 0.2) is 0 Å². The highest BCUT2D eigenvalue weighted by Gasteiger charge is 2.22. The fraction of sp³-hybridized carbons (Fsp3) is 0.381. The first kappa shape index (κ1) is 18.0. The van der Waals surface area contributed by atoms with Gasteiger partial charge in [0.25, 0.3) is 5.91 Å². The number of likely N-dealkylation sites (N-methyl/N-ethyl adjacent to an activating group) is 1. The third-order valence-corrected chi connectivity index (χ3v) is 5.21. The number of halogens is 1. The number of rotatable bonds is 5. The molecule has 3 rings (SSSR count). The Bertz CT molecular complexity index is 753. The van der Waals surface area contributed by atoms with Crippen LogP contribution in [0.4, 0.5) is 0 Å². The van der Waals surface area contributed by atoms with E-state index < -0.39 is 0 Å². The van der Waals surface area contributed by atoms with Crippen molar-refractivity contribution in [2.75, 3.05) is 19.7 Å². The largest absolute Gasteiger partial charge is 0.376 e. The van der Waals surface area contributed by atoms with E-state index in [1.807, 2.05) is 61.2 Å². The van der Waals surface area contributed by atoms with Crippen molar-refractivity contribution in [3.8, 4) is 11.1 Å². The van der Waals surface area contributed by atoms with Crippen molar-refractivity contribution < 1.29 is 9.53 Å². The summed E-state index contributed by atoms with van der Waals surface area (Å²) in [6.07, 6.45) is 2.29. The Labute approximate surface area is 154 Å². The first-order valence-corrected chi connectivity index (χ1v) is 9.24. The summed E-state index contributed by atoms with van der Waals surface area (Å²) in [6.45, 7) is 6.16. The lowest BCUT2D eigenvalue weighted by Gasteiger charge is -2.24. The number of amides is 1. The Morgan fingerprint density at radius 3 is 2.80 bits per heavy atom. The first-order chi connectivity index (χ1) is 12.1. The van der Waals surface area contributed by atoms with Crippen LogP contribution in [0.2, 0.25) is 5.02 Å². The molecule has 0 radical (unpaired) electrons. The fourth-order valence-corrected chi connectivity index (χ4v) is 3.49. The molecule has 3 nitrogen and oxygen atoms in total. The van der Waals surface area contributed by atoms with E-state index in [9.17, 15) is 4.79 Å². The summed E-state index contributed by atoms with van der Waals surface area (Å²) in [7, 11) is 0. The molecule has 1 aliphatic heterocycles. The molecule has 1 saturated heterocycles. The smallest absolute Gasteiger partial charge is 0.253 e. The van der Waals surface area contributed by atoms with Crippen LogP contribution in [0.5, 0.6) is 0 Å². The average Bonchev–Trinajstić information content (AvgIpc) is 3.15. The van der Waals surface area contributed by atoms with Crippen LogP contribution in [-0.4, -0.2) is 36.6 Å². The Balaban J connectivity index is 1.84. The van der Waals surface area contributed by atoms with Gasteiger partial charge in [0, 0.05) is 30.3 Å². The minimum atomic E-state index is 0.0551. The average molecular weight is 358 g/mol. The van der Waals surface area contributed by atoms with E-state index in [0.29, 0.717) is 18.7 Å². The highest BCUT2D eigenvalue weighted by Crippen LogP contribution is 2.29. The molecular formula is C21H24ClNO2. The van der Waals surface area contributed by atoms with Crippen LogP contribution in [0.15, 0.2) is 42.5 Å². The molecule has 0 aliphatic carbocycles. The van der Waals surface area contributed by atoms with E-state index in [1.165, 1.54) is 0 Å². The van der Waals surface area contributed by atoms with Crippen molar-refractivity contribution in [3.63, 3.8) is 0 Å². The van der Waals surface area contributed by atoms with Crippen molar-refractivity contribution in [1.29, 1.82) is 0 Å². The summed E-state index contributed by atoms with van der Waals surface area (Å²) in [6, 6.07) is 13.6. The van der Waals surface area contributed by atoms with E-state index in [0.717, 1.165) is 41.2 Å². The van der Waals surface area contributed by atoms with Crippen LogP contribution in [0.25, 0.3) is 11.1 Å². The monoisotopic (exact) mass is 357 g/mol. The zero-order valence-electron chi connectivity index (χ0n) is 14.8. The minimum absolute atomic E-state index is 0.0551. The van der Waals surface area contributed by atoms with Gasteiger partial charge in [0.1, 0.15) is 0 Å². The number of hydrogen-bond donors (Lipinski definition) is 0. The molecule has 4 heteroatoms. The van der Waals surface area contributed by atoms with Gasteiger partial charge in [-0.2, -0.15) is 0 Å². The summed E-state index contributed by atoms with van der Waals surface area (Å²) < 4.78 is 5.68. The maximum atomic E-state index is 12.9. The van der Waals surface area contributed by atoms with Crippen molar-refractivity contribution >= 4 is 17.5 Å². The van der Waals surface area contributed by atoms with Gasteiger partial charge in [-0.1, -0.05) is 35.9 Å². The van der Waals surface area contributed by atoms with Crippen molar-refractivity contribution in [1.82, 2.24) is 4.90 Å². The van der Waals surface area contributed by atoms with Gasteiger partial charge >= 0.3 is 0 Å². The molecule has 1 aliphatic rings. The third kappa shape index (κ3) is 4.05. The molecule has 0 aromatic heterocycles. The molecule has 1 fully saturated rings. The molecular weight excluding hydrogens is 334 g/mol. The molecule has 0 saturated carbocycles. The predicted molar refractivity (Wildman–Crippen MR) is 102 cm³/mol. The summed E-state index contributed by atoms with van der Waals surface area (Å²) >= 11 is 6.25. The van der Waals surface area contributed by atoms with Gasteiger partial charge in [0.05, 0.1) is 6.10 Å². The Morgan fingerprint density at radius 2 is 2.08 bits per heavy atom. The van der Waals surface area contributed by atoms with Crippen LogP contribution in [0.3, 0.4) is 0 Å². The molecule has 1 heterocycles. The summed E-state index contributed by atoms with van der Waals surface area (Å²) in [5.74, 6) is 0.0551. The second-order valence-electron chi connectivity index (χ2n) is 6.47. The second kappa shape index (κ2) is 8.03. The van der Waals surface area contributed by atoms with Crippen LogP contribution < -0.4 is 0 Å². The molecule has 2 aromatic rings. The van der Waals surface area contributed by atoms with Crippen LogP contribution in [0.1, 0.15) is 35.7 Å². The highest BCUT2D eigenvalue weighted by atomic mass is 35.5. The van der Waals surface area contributed by atoms with E-state index in [1.54, 1.807) is 0 Å². The summed E-state index contributed by atoms with van der Waals surface area (Å²) in [5, 5.41) is 0.739. The zero-order chi connectivity index (χ0) is 17.8. The number of hydrogen-bond acceptors (Lipinski definition) is 2. The second-order valence-corrected chi connectivity index (χ2v) is 6.88. The maximum absolute atomic E-state index is 12.9. The van der Waals surface area contributed by atoms with E-state index in [2.05, 4.69) is 0 Å².